The fraction of sp³-hybridized carbons (Fsp3) is 0.633. The molecule has 0 aliphatic carbocycles. The van der Waals surface area contributed by atoms with Gasteiger partial charge in [0, 0.05) is 0 Å². The molecular weight excluding hydrogens is 685 g/mol. The summed E-state index contributed by atoms with van der Waals surface area (Å²) in [5, 5.41) is 6.62. The number of hydrogen-bond donors (Lipinski definition) is 0. The average Bonchev–Trinajstić information content (AvgIpc) is 3.19. The molecule has 6 nitrogen and oxygen atoms in total. The van der Waals surface area contributed by atoms with Gasteiger partial charge in [0.1, 0.15) is 0 Å². The van der Waals surface area contributed by atoms with E-state index < -0.39 is 0 Å². The maximum absolute atomic E-state index is 6.75. The van der Waals surface area contributed by atoms with Crippen LogP contribution in [0.4, 0.5) is 0 Å². The van der Waals surface area contributed by atoms with Crippen LogP contribution in [0.2, 0.25) is 0 Å². The highest BCUT2D eigenvalue weighted by molar-refractivity contribution is 6.26. The highest BCUT2D eigenvalue weighted by Gasteiger charge is 2.21. The first kappa shape index (κ1) is 44.2. The highest BCUT2D eigenvalue weighted by Crippen LogP contribution is 2.47. The Labute approximate surface area is 333 Å². The molecule has 0 bridgehead atoms. The standard InChI is InChI=1S/C49H74O6/c1-8-14-20-26-50-44-31-38-39-32-45(51-27-21-15-9-2)47(53-29-23-17-11-4)34-41(39)43-36-49(55-37(7)25-19-13-6)48(54-30-24-18-12-5)35-42(43)40(38)33-46(44)52-28-22-16-10-3/h31-37H,8-30H2,1-7H3. The van der Waals surface area contributed by atoms with Gasteiger partial charge in [-0.25, -0.2) is 0 Å². The van der Waals surface area contributed by atoms with E-state index in [0.717, 1.165) is 182 Å². The van der Waals surface area contributed by atoms with Crippen molar-refractivity contribution in [3.8, 4) is 34.5 Å². The Kier molecular flexibility index (Phi) is 20.0. The maximum atomic E-state index is 6.75. The molecule has 0 heterocycles. The molecule has 0 aromatic heterocycles. The van der Waals surface area contributed by atoms with E-state index in [0.29, 0.717) is 33.0 Å². The van der Waals surface area contributed by atoms with Crippen molar-refractivity contribution in [1.29, 1.82) is 0 Å². The zero-order chi connectivity index (χ0) is 39.3. The van der Waals surface area contributed by atoms with Gasteiger partial charge in [-0.2, -0.15) is 0 Å². The summed E-state index contributed by atoms with van der Waals surface area (Å²) in [5.41, 5.74) is 0. The Balaban J connectivity index is 2.02. The minimum Gasteiger partial charge on any atom is -0.490 e. The largest absolute Gasteiger partial charge is 0.490 e. The van der Waals surface area contributed by atoms with Crippen molar-refractivity contribution in [2.24, 2.45) is 0 Å². The molecule has 0 saturated heterocycles. The molecule has 4 aromatic rings. The Morgan fingerprint density at radius 2 is 0.564 bits per heavy atom. The molecule has 6 heteroatoms. The summed E-state index contributed by atoms with van der Waals surface area (Å²) in [4.78, 5) is 0. The SMILES string of the molecule is CCCCCOc1cc2c3cc(OCCCCC)c(OCCCCC)cc3c3cc(OC(C)CCCC)c(OCCCCC)cc3c2cc1OCCCCC. The van der Waals surface area contributed by atoms with Crippen LogP contribution in [0.15, 0.2) is 36.4 Å². The lowest BCUT2D eigenvalue weighted by molar-refractivity contribution is 0.193. The van der Waals surface area contributed by atoms with Crippen molar-refractivity contribution in [1.82, 2.24) is 0 Å². The molecule has 4 rings (SSSR count). The van der Waals surface area contributed by atoms with Gasteiger partial charge in [0.2, 0.25) is 0 Å². The lowest BCUT2D eigenvalue weighted by Crippen LogP contribution is -2.12. The third-order valence-corrected chi connectivity index (χ3v) is 10.4. The van der Waals surface area contributed by atoms with Gasteiger partial charge in [-0.1, -0.05) is 119 Å². The number of rotatable bonds is 30. The van der Waals surface area contributed by atoms with Crippen LogP contribution in [0.5, 0.6) is 34.5 Å². The summed E-state index contributed by atoms with van der Waals surface area (Å²) in [6.07, 6.45) is 19.8. The van der Waals surface area contributed by atoms with Gasteiger partial charge in [-0.05, 0) is 114 Å². The van der Waals surface area contributed by atoms with E-state index in [1.54, 1.807) is 0 Å². The van der Waals surface area contributed by atoms with Gasteiger partial charge < -0.3 is 28.4 Å². The normalized spacial score (nSPS) is 12.1. The molecule has 1 unspecified atom stereocenters. The third-order valence-electron chi connectivity index (χ3n) is 10.4. The molecule has 0 aliphatic heterocycles. The Morgan fingerprint density at radius 1 is 0.327 bits per heavy atom. The summed E-state index contributed by atoms with van der Waals surface area (Å²) in [6.45, 7) is 18.8. The molecule has 0 fully saturated rings. The number of benzene rings is 4. The Hall–Kier alpha value is -3.54. The van der Waals surface area contributed by atoms with Gasteiger partial charge in [-0.15, -0.1) is 0 Å². The van der Waals surface area contributed by atoms with Crippen LogP contribution < -0.4 is 28.4 Å². The number of hydrogen-bond acceptors (Lipinski definition) is 6. The minimum absolute atomic E-state index is 0.0678. The second kappa shape index (κ2) is 24.9. The average molecular weight is 759 g/mol. The van der Waals surface area contributed by atoms with E-state index in [9.17, 15) is 0 Å². The molecule has 0 amide bonds. The molecular formula is C49H74O6. The van der Waals surface area contributed by atoms with Gasteiger partial charge in [0.05, 0.1) is 39.1 Å². The van der Waals surface area contributed by atoms with E-state index >= 15 is 0 Å². The molecule has 0 saturated carbocycles. The molecule has 306 valence electrons. The maximum Gasteiger partial charge on any atom is 0.162 e. The van der Waals surface area contributed by atoms with Crippen LogP contribution >= 0.6 is 0 Å². The van der Waals surface area contributed by atoms with Crippen LogP contribution in [0.25, 0.3) is 32.3 Å². The first-order chi connectivity index (χ1) is 27.0. The van der Waals surface area contributed by atoms with Crippen LogP contribution in [-0.2, 0) is 0 Å². The molecule has 0 aliphatic rings. The monoisotopic (exact) mass is 759 g/mol. The number of fused-ring (bicyclic) bond motifs is 6. The summed E-state index contributed by atoms with van der Waals surface area (Å²) >= 11 is 0. The van der Waals surface area contributed by atoms with Crippen LogP contribution in [0.1, 0.15) is 164 Å². The van der Waals surface area contributed by atoms with Crippen LogP contribution in [-0.4, -0.2) is 39.1 Å². The Bertz CT molecular complexity index is 1650. The number of ether oxygens (including phenoxy) is 6. The third kappa shape index (κ3) is 13.3. The lowest BCUT2D eigenvalue weighted by atomic mass is 9.93. The lowest BCUT2D eigenvalue weighted by Gasteiger charge is -2.22. The van der Waals surface area contributed by atoms with Crippen molar-refractivity contribution in [3.63, 3.8) is 0 Å². The second-order valence-corrected chi connectivity index (χ2v) is 15.4. The Morgan fingerprint density at radius 3 is 0.818 bits per heavy atom. The first-order valence-corrected chi connectivity index (χ1v) is 22.3. The topological polar surface area (TPSA) is 55.4 Å². The second-order valence-electron chi connectivity index (χ2n) is 15.4. The fourth-order valence-corrected chi connectivity index (χ4v) is 7.11. The molecule has 1 atom stereocenters. The van der Waals surface area contributed by atoms with Crippen molar-refractivity contribution in [2.75, 3.05) is 33.0 Å². The predicted molar refractivity (Wildman–Crippen MR) is 234 cm³/mol. The zero-order valence-corrected chi connectivity index (χ0v) is 35.8. The summed E-state index contributed by atoms with van der Waals surface area (Å²) in [5.74, 6) is 4.78. The van der Waals surface area contributed by atoms with E-state index in [2.05, 4.69) is 84.9 Å². The summed E-state index contributed by atoms with van der Waals surface area (Å²) < 4.78 is 39.6. The van der Waals surface area contributed by atoms with Crippen LogP contribution in [0.3, 0.4) is 0 Å². The smallest absolute Gasteiger partial charge is 0.162 e. The fourth-order valence-electron chi connectivity index (χ4n) is 7.11. The van der Waals surface area contributed by atoms with E-state index in [1.165, 1.54) is 0 Å². The van der Waals surface area contributed by atoms with Crippen molar-refractivity contribution in [3.05, 3.63) is 36.4 Å². The molecule has 55 heavy (non-hydrogen) atoms. The van der Waals surface area contributed by atoms with Gasteiger partial charge in [0.25, 0.3) is 0 Å². The summed E-state index contributed by atoms with van der Waals surface area (Å²) in [6, 6.07) is 13.3. The van der Waals surface area contributed by atoms with Gasteiger partial charge in [0.15, 0.2) is 34.5 Å². The highest BCUT2D eigenvalue weighted by atomic mass is 16.5. The molecule has 0 radical (unpaired) electrons. The minimum atomic E-state index is 0.0678. The predicted octanol–water partition coefficient (Wildman–Crippen LogP) is 14.9. The van der Waals surface area contributed by atoms with Crippen molar-refractivity contribution < 1.29 is 28.4 Å². The van der Waals surface area contributed by atoms with E-state index in [-0.39, 0.29) is 6.10 Å². The van der Waals surface area contributed by atoms with Crippen molar-refractivity contribution in [2.45, 2.75) is 170 Å². The van der Waals surface area contributed by atoms with Gasteiger partial charge >= 0.3 is 0 Å². The first-order valence-electron chi connectivity index (χ1n) is 22.3. The van der Waals surface area contributed by atoms with Gasteiger partial charge in [-0.3, -0.25) is 0 Å². The number of unbranched alkanes of at least 4 members (excludes halogenated alkanes) is 11. The van der Waals surface area contributed by atoms with E-state index in [1.807, 2.05) is 0 Å². The van der Waals surface area contributed by atoms with Crippen molar-refractivity contribution >= 4 is 32.3 Å². The quantitative estimate of drug-likeness (QED) is 0.0390. The van der Waals surface area contributed by atoms with E-state index in [4.69, 9.17) is 28.4 Å². The summed E-state index contributed by atoms with van der Waals surface area (Å²) in [7, 11) is 0. The zero-order valence-electron chi connectivity index (χ0n) is 35.8. The molecule has 4 aromatic carbocycles. The molecule has 0 N–H and O–H groups in total. The molecule has 0 spiro atoms. The van der Waals surface area contributed by atoms with Crippen LogP contribution in [0, 0.1) is 0 Å².